The van der Waals surface area contributed by atoms with Crippen molar-refractivity contribution < 1.29 is 14.2 Å². The number of methoxy groups -OCH3 is 1. The molecule has 0 amide bonds. The van der Waals surface area contributed by atoms with Crippen molar-refractivity contribution in [1.29, 1.82) is 0 Å². The van der Waals surface area contributed by atoms with Crippen LogP contribution in [-0.2, 0) is 0 Å². The van der Waals surface area contributed by atoms with E-state index in [4.69, 9.17) is 10.5 Å². The molecule has 0 aliphatic carbocycles. The van der Waals surface area contributed by atoms with Gasteiger partial charge in [-0.25, -0.2) is 4.39 Å². The number of benzene rings is 1. The molecule has 0 bridgehead atoms. The van der Waals surface area contributed by atoms with Crippen LogP contribution in [0.2, 0.25) is 0 Å². The zero-order valence-corrected chi connectivity index (χ0v) is 9.88. The van der Waals surface area contributed by atoms with Crippen molar-refractivity contribution >= 4 is 0 Å². The van der Waals surface area contributed by atoms with Crippen molar-refractivity contribution in [2.45, 2.75) is 26.4 Å². The van der Waals surface area contributed by atoms with Crippen molar-refractivity contribution in [1.82, 2.24) is 0 Å². The number of nitrogens with two attached hydrogens (primary N) is 1. The number of ether oxygens (including phenoxy) is 1. The van der Waals surface area contributed by atoms with Crippen LogP contribution in [0.3, 0.4) is 0 Å². The molecule has 1 aromatic carbocycles. The van der Waals surface area contributed by atoms with Gasteiger partial charge < -0.3 is 15.6 Å². The smallest absolute Gasteiger partial charge is 0.135 e. The first-order valence-electron chi connectivity index (χ1n) is 5.24. The predicted octanol–water partition coefficient (Wildman–Crippen LogP) is 1.83. The average Bonchev–Trinajstić information content (AvgIpc) is 2.23. The van der Waals surface area contributed by atoms with E-state index in [0.29, 0.717) is 24.3 Å². The predicted molar refractivity (Wildman–Crippen MR) is 61.1 cm³/mol. The molecule has 0 fully saturated rings. The topological polar surface area (TPSA) is 55.5 Å². The Morgan fingerprint density at radius 3 is 2.56 bits per heavy atom. The summed E-state index contributed by atoms with van der Waals surface area (Å²) in [6, 6.07) is 1.70. The summed E-state index contributed by atoms with van der Waals surface area (Å²) in [5, 5.41) is 9.86. The first kappa shape index (κ1) is 12.9. The molecule has 1 unspecified atom stereocenters. The third kappa shape index (κ3) is 2.33. The summed E-state index contributed by atoms with van der Waals surface area (Å²) < 4.78 is 19.1. The number of aliphatic hydroxyl groups excluding tert-OH is 1. The van der Waals surface area contributed by atoms with Gasteiger partial charge in [-0.05, 0) is 44.0 Å². The second-order valence-corrected chi connectivity index (χ2v) is 3.86. The Balaban J connectivity index is 3.32. The van der Waals surface area contributed by atoms with Gasteiger partial charge in [0.1, 0.15) is 11.6 Å². The van der Waals surface area contributed by atoms with E-state index in [-0.39, 0.29) is 5.56 Å². The van der Waals surface area contributed by atoms with Gasteiger partial charge in [-0.2, -0.15) is 0 Å². The molecule has 1 atom stereocenters. The fourth-order valence-electron chi connectivity index (χ4n) is 1.85. The van der Waals surface area contributed by atoms with Gasteiger partial charge in [-0.15, -0.1) is 0 Å². The van der Waals surface area contributed by atoms with Crippen molar-refractivity contribution in [3.63, 3.8) is 0 Å². The fraction of sp³-hybridized carbons (Fsp3) is 0.500. The first-order valence-corrected chi connectivity index (χ1v) is 5.24. The molecular formula is C12H18FNO2. The maximum atomic E-state index is 13.9. The number of hydrogen-bond acceptors (Lipinski definition) is 3. The van der Waals surface area contributed by atoms with Crippen LogP contribution in [0.4, 0.5) is 4.39 Å². The molecule has 0 heterocycles. The molecule has 0 spiro atoms. The lowest BCUT2D eigenvalue weighted by atomic mass is 9.98. The van der Waals surface area contributed by atoms with E-state index in [9.17, 15) is 9.50 Å². The van der Waals surface area contributed by atoms with E-state index in [2.05, 4.69) is 0 Å². The van der Waals surface area contributed by atoms with Crippen LogP contribution >= 0.6 is 0 Å². The Kier molecular flexibility index (Phi) is 4.26. The standard InChI is InChI=1S/C12H18FNO2/c1-7-6-8(2)12(16-3)10(11(7)13)9(15)4-5-14/h6,9,15H,4-5,14H2,1-3H3. The highest BCUT2D eigenvalue weighted by molar-refractivity contribution is 5.46. The molecule has 0 aromatic heterocycles. The highest BCUT2D eigenvalue weighted by Crippen LogP contribution is 2.34. The molecular weight excluding hydrogens is 209 g/mol. The van der Waals surface area contributed by atoms with Gasteiger partial charge in [0.05, 0.1) is 18.8 Å². The minimum absolute atomic E-state index is 0.213. The molecule has 1 rings (SSSR count). The summed E-state index contributed by atoms with van der Waals surface area (Å²) in [5.41, 5.74) is 6.89. The number of rotatable bonds is 4. The lowest BCUT2D eigenvalue weighted by Crippen LogP contribution is -2.11. The second kappa shape index (κ2) is 5.27. The van der Waals surface area contributed by atoms with E-state index in [1.165, 1.54) is 7.11 Å². The normalized spacial score (nSPS) is 12.6. The van der Waals surface area contributed by atoms with Crippen molar-refractivity contribution in [2.24, 2.45) is 5.73 Å². The van der Waals surface area contributed by atoms with E-state index in [1.54, 1.807) is 13.0 Å². The zero-order valence-electron chi connectivity index (χ0n) is 9.88. The Bertz CT molecular complexity index is 380. The molecule has 4 heteroatoms. The molecule has 0 aliphatic rings. The Hall–Kier alpha value is -1.13. The lowest BCUT2D eigenvalue weighted by molar-refractivity contribution is 0.160. The quantitative estimate of drug-likeness (QED) is 0.825. The Morgan fingerprint density at radius 1 is 1.44 bits per heavy atom. The number of halogens is 1. The molecule has 3 nitrogen and oxygen atoms in total. The molecule has 1 aromatic rings. The Labute approximate surface area is 95.0 Å². The van der Waals surface area contributed by atoms with Crippen LogP contribution in [0.25, 0.3) is 0 Å². The summed E-state index contributed by atoms with van der Waals surface area (Å²) in [6.45, 7) is 3.79. The third-order valence-electron chi connectivity index (χ3n) is 2.60. The van der Waals surface area contributed by atoms with Gasteiger partial charge in [0, 0.05) is 0 Å². The molecule has 0 radical (unpaired) electrons. The monoisotopic (exact) mass is 227 g/mol. The van der Waals surface area contributed by atoms with Gasteiger partial charge in [0.25, 0.3) is 0 Å². The van der Waals surface area contributed by atoms with Gasteiger partial charge in [-0.1, -0.05) is 0 Å². The van der Waals surface area contributed by atoms with Gasteiger partial charge >= 0.3 is 0 Å². The third-order valence-corrected chi connectivity index (χ3v) is 2.60. The highest BCUT2D eigenvalue weighted by atomic mass is 19.1. The van der Waals surface area contributed by atoms with Crippen LogP contribution in [0.5, 0.6) is 5.75 Å². The van der Waals surface area contributed by atoms with Crippen LogP contribution in [0, 0.1) is 19.7 Å². The van der Waals surface area contributed by atoms with Crippen molar-refractivity contribution in [3.05, 3.63) is 28.6 Å². The summed E-state index contributed by atoms with van der Waals surface area (Å²) in [6.07, 6.45) is -0.602. The number of aliphatic hydroxyl groups is 1. The zero-order chi connectivity index (χ0) is 12.3. The van der Waals surface area contributed by atoms with Gasteiger partial charge in [0.2, 0.25) is 0 Å². The molecule has 0 saturated heterocycles. The summed E-state index contributed by atoms with van der Waals surface area (Å²) >= 11 is 0. The van der Waals surface area contributed by atoms with Crippen LogP contribution in [0.15, 0.2) is 6.07 Å². The van der Waals surface area contributed by atoms with Crippen molar-refractivity contribution in [3.8, 4) is 5.75 Å². The molecule has 3 N–H and O–H groups in total. The molecule has 0 saturated carbocycles. The number of hydrogen-bond donors (Lipinski definition) is 2. The minimum Gasteiger partial charge on any atom is -0.496 e. The number of aryl methyl sites for hydroxylation is 2. The minimum atomic E-state index is -0.918. The SMILES string of the molecule is COc1c(C)cc(C)c(F)c1C(O)CCN. The van der Waals surface area contributed by atoms with Crippen molar-refractivity contribution in [2.75, 3.05) is 13.7 Å². The maximum absolute atomic E-state index is 13.9. The van der Waals surface area contributed by atoms with Crippen LogP contribution in [-0.4, -0.2) is 18.8 Å². The summed E-state index contributed by atoms with van der Waals surface area (Å²) in [4.78, 5) is 0. The molecule has 16 heavy (non-hydrogen) atoms. The molecule has 0 aliphatic heterocycles. The van der Waals surface area contributed by atoms with Gasteiger partial charge in [0.15, 0.2) is 0 Å². The lowest BCUT2D eigenvalue weighted by Gasteiger charge is -2.18. The fourth-order valence-corrected chi connectivity index (χ4v) is 1.85. The largest absolute Gasteiger partial charge is 0.496 e. The van der Waals surface area contributed by atoms with E-state index >= 15 is 0 Å². The Morgan fingerprint density at radius 2 is 2.06 bits per heavy atom. The van der Waals surface area contributed by atoms with Crippen LogP contribution in [0.1, 0.15) is 29.2 Å². The molecule has 90 valence electrons. The first-order chi connectivity index (χ1) is 7.52. The summed E-state index contributed by atoms with van der Waals surface area (Å²) in [7, 11) is 1.47. The van der Waals surface area contributed by atoms with E-state index in [0.717, 1.165) is 5.56 Å². The second-order valence-electron chi connectivity index (χ2n) is 3.86. The van der Waals surface area contributed by atoms with E-state index < -0.39 is 11.9 Å². The summed E-state index contributed by atoms with van der Waals surface area (Å²) in [5.74, 6) is -0.00699. The van der Waals surface area contributed by atoms with E-state index in [1.807, 2.05) is 6.92 Å². The average molecular weight is 227 g/mol. The maximum Gasteiger partial charge on any atom is 0.135 e. The van der Waals surface area contributed by atoms with Crippen LogP contribution < -0.4 is 10.5 Å². The highest BCUT2D eigenvalue weighted by Gasteiger charge is 2.21. The van der Waals surface area contributed by atoms with Gasteiger partial charge in [-0.3, -0.25) is 0 Å².